The van der Waals surface area contributed by atoms with Gasteiger partial charge in [-0.05, 0) is 48.1 Å². The molecule has 3 rings (SSSR count). The molecule has 4 heteroatoms. The summed E-state index contributed by atoms with van der Waals surface area (Å²) in [7, 11) is 3.22. The highest BCUT2D eigenvalue weighted by Gasteiger charge is 2.28. The molecular weight excluding hydrogens is 305 g/mol. The number of hydrogen-bond donors (Lipinski definition) is 0. The number of amides is 1. The smallest absolute Gasteiger partial charge is 0.230 e. The molecule has 2 aromatic rings. The monoisotopic (exact) mass is 327 g/mol. The number of rotatable bonds is 4. The van der Waals surface area contributed by atoms with Gasteiger partial charge in [0.1, 0.15) is 0 Å². The van der Waals surface area contributed by atoms with E-state index in [4.69, 9.17) is 4.74 Å². The van der Waals surface area contributed by atoms with Crippen molar-refractivity contribution in [2.45, 2.75) is 31.7 Å². The summed E-state index contributed by atoms with van der Waals surface area (Å²) in [5, 5.41) is 0. The van der Waals surface area contributed by atoms with E-state index in [0.29, 0.717) is 6.54 Å². The molecule has 1 amide bonds. The van der Waals surface area contributed by atoms with Gasteiger partial charge in [0.25, 0.3) is 0 Å². The van der Waals surface area contributed by atoms with Crippen LogP contribution in [0.4, 0.5) is 4.39 Å². The molecular formula is C20H22FNO2. The lowest BCUT2D eigenvalue weighted by atomic mass is 9.82. The van der Waals surface area contributed by atoms with Crippen molar-refractivity contribution in [3.05, 3.63) is 65.0 Å². The highest BCUT2D eigenvalue weighted by Crippen LogP contribution is 2.33. The average Bonchev–Trinajstić information content (AvgIpc) is 2.60. The van der Waals surface area contributed by atoms with E-state index in [2.05, 4.69) is 12.1 Å². The van der Waals surface area contributed by atoms with Crippen molar-refractivity contribution in [3.8, 4) is 5.75 Å². The number of nitrogens with zero attached hydrogens (tertiary/aromatic N) is 1. The Balaban J connectivity index is 1.75. The predicted molar refractivity (Wildman–Crippen MR) is 91.5 cm³/mol. The molecule has 2 aromatic carbocycles. The molecule has 0 saturated heterocycles. The second-order valence-corrected chi connectivity index (χ2v) is 6.31. The topological polar surface area (TPSA) is 29.5 Å². The number of carbonyl (C=O) groups is 1. The number of methoxy groups -OCH3 is 1. The van der Waals surface area contributed by atoms with Crippen molar-refractivity contribution in [1.82, 2.24) is 4.90 Å². The maximum Gasteiger partial charge on any atom is 0.230 e. The van der Waals surface area contributed by atoms with Crippen LogP contribution in [0.1, 0.15) is 35.4 Å². The lowest BCUT2D eigenvalue weighted by molar-refractivity contribution is -0.132. The van der Waals surface area contributed by atoms with Crippen LogP contribution in [-0.4, -0.2) is 25.0 Å². The molecule has 0 fully saturated rings. The Labute approximate surface area is 142 Å². The van der Waals surface area contributed by atoms with E-state index in [9.17, 15) is 9.18 Å². The van der Waals surface area contributed by atoms with Crippen molar-refractivity contribution in [1.29, 1.82) is 0 Å². The first-order valence-corrected chi connectivity index (χ1v) is 8.25. The molecule has 1 atom stereocenters. The summed E-state index contributed by atoms with van der Waals surface area (Å²) in [6.45, 7) is 0.387. The van der Waals surface area contributed by atoms with Gasteiger partial charge in [-0.25, -0.2) is 4.39 Å². The largest absolute Gasteiger partial charge is 0.494 e. The zero-order chi connectivity index (χ0) is 17.1. The van der Waals surface area contributed by atoms with Crippen molar-refractivity contribution < 1.29 is 13.9 Å². The predicted octanol–water partition coefficient (Wildman–Crippen LogP) is 3.91. The highest BCUT2D eigenvalue weighted by molar-refractivity contribution is 5.84. The summed E-state index contributed by atoms with van der Waals surface area (Å²) in [5.74, 6) is -0.186. The van der Waals surface area contributed by atoms with Crippen LogP contribution >= 0.6 is 0 Å². The third-order valence-electron chi connectivity index (χ3n) is 4.68. The fraction of sp³-hybridized carbons (Fsp3) is 0.350. The minimum absolute atomic E-state index is 0.0944. The maximum atomic E-state index is 13.8. The molecule has 3 nitrogen and oxygen atoms in total. The summed E-state index contributed by atoms with van der Waals surface area (Å²) >= 11 is 0. The third-order valence-corrected chi connectivity index (χ3v) is 4.68. The molecule has 0 radical (unpaired) electrons. The minimum atomic E-state index is -0.404. The van der Waals surface area contributed by atoms with Crippen molar-refractivity contribution >= 4 is 5.91 Å². The van der Waals surface area contributed by atoms with Crippen LogP contribution in [0.25, 0.3) is 0 Å². The number of carbonyl (C=O) groups excluding carboxylic acids is 1. The van der Waals surface area contributed by atoms with Gasteiger partial charge in [-0.1, -0.05) is 30.3 Å². The summed E-state index contributed by atoms with van der Waals surface area (Å²) in [6, 6.07) is 13.0. The average molecular weight is 327 g/mol. The van der Waals surface area contributed by atoms with Gasteiger partial charge in [0.05, 0.1) is 13.0 Å². The molecule has 1 unspecified atom stereocenters. The second kappa shape index (κ2) is 7.04. The van der Waals surface area contributed by atoms with E-state index in [0.717, 1.165) is 30.4 Å². The lowest BCUT2D eigenvalue weighted by Crippen LogP contribution is -2.33. The van der Waals surface area contributed by atoms with E-state index in [1.165, 1.54) is 18.7 Å². The zero-order valence-electron chi connectivity index (χ0n) is 14.1. The van der Waals surface area contributed by atoms with Crippen LogP contribution in [0.3, 0.4) is 0 Å². The Morgan fingerprint density at radius 2 is 2.08 bits per heavy atom. The maximum absolute atomic E-state index is 13.8. The number of likely N-dealkylation sites (N-methyl/N-ethyl adjacent to an activating group) is 1. The van der Waals surface area contributed by atoms with Gasteiger partial charge >= 0.3 is 0 Å². The quantitative estimate of drug-likeness (QED) is 0.852. The highest BCUT2D eigenvalue weighted by atomic mass is 19.1. The molecule has 0 bridgehead atoms. The zero-order valence-corrected chi connectivity index (χ0v) is 14.1. The van der Waals surface area contributed by atoms with Crippen molar-refractivity contribution in [2.24, 2.45) is 0 Å². The van der Waals surface area contributed by atoms with E-state index in [-0.39, 0.29) is 17.6 Å². The van der Waals surface area contributed by atoms with Gasteiger partial charge in [0.15, 0.2) is 11.6 Å². The van der Waals surface area contributed by atoms with Crippen LogP contribution in [-0.2, 0) is 17.8 Å². The first-order chi connectivity index (χ1) is 11.6. The summed E-state index contributed by atoms with van der Waals surface area (Å²) in [5.41, 5.74) is 3.17. The summed E-state index contributed by atoms with van der Waals surface area (Å²) < 4.78 is 18.8. The molecule has 0 N–H and O–H groups in total. The number of halogens is 1. The second-order valence-electron chi connectivity index (χ2n) is 6.31. The van der Waals surface area contributed by atoms with Crippen LogP contribution in [0.5, 0.6) is 5.75 Å². The Kier molecular flexibility index (Phi) is 4.84. The Hall–Kier alpha value is -2.36. The van der Waals surface area contributed by atoms with E-state index in [1.54, 1.807) is 24.1 Å². The molecule has 1 aliphatic rings. The fourth-order valence-corrected chi connectivity index (χ4v) is 3.44. The summed E-state index contributed by atoms with van der Waals surface area (Å²) in [4.78, 5) is 14.6. The summed E-state index contributed by atoms with van der Waals surface area (Å²) in [6.07, 6.45) is 2.93. The van der Waals surface area contributed by atoms with Crippen molar-refractivity contribution in [2.75, 3.05) is 14.2 Å². The van der Waals surface area contributed by atoms with Gasteiger partial charge in [-0.15, -0.1) is 0 Å². The third kappa shape index (κ3) is 3.28. The number of aryl methyl sites for hydroxylation is 1. The van der Waals surface area contributed by atoms with E-state index < -0.39 is 5.82 Å². The standard InChI is InChI=1S/C20H22FNO2/c1-22(13-14-10-11-19(24-2)18(21)12-14)20(23)17-9-5-7-15-6-3-4-8-16(15)17/h3-4,6,8,10-12,17H,5,7,9,13H2,1-2H3. The fourth-order valence-electron chi connectivity index (χ4n) is 3.44. The Morgan fingerprint density at radius 3 is 2.83 bits per heavy atom. The van der Waals surface area contributed by atoms with E-state index in [1.807, 2.05) is 12.1 Å². The van der Waals surface area contributed by atoms with Crippen LogP contribution < -0.4 is 4.74 Å². The van der Waals surface area contributed by atoms with Gasteiger partial charge in [-0.2, -0.15) is 0 Å². The van der Waals surface area contributed by atoms with Gasteiger partial charge < -0.3 is 9.64 Å². The van der Waals surface area contributed by atoms with Crippen molar-refractivity contribution in [3.63, 3.8) is 0 Å². The first kappa shape index (κ1) is 16.5. The normalized spacial score (nSPS) is 16.4. The minimum Gasteiger partial charge on any atom is -0.494 e. The Morgan fingerprint density at radius 1 is 1.29 bits per heavy atom. The molecule has 126 valence electrons. The van der Waals surface area contributed by atoms with Crippen LogP contribution in [0.15, 0.2) is 42.5 Å². The van der Waals surface area contributed by atoms with Gasteiger partial charge in [0, 0.05) is 13.6 Å². The van der Waals surface area contributed by atoms with Crippen LogP contribution in [0.2, 0.25) is 0 Å². The number of benzene rings is 2. The SMILES string of the molecule is COc1ccc(CN(C)C(=O)C2CCCc3ccccc32)cc1F. The number of ether oxygens (including phenoxy) is 1. The van der Waals surface area contributed by atoms with Crippen LogP contribution in [0, 0.1) is 5.82 Å². The molecule has 0 spiro atoms. The first-order valence-electron chi connectivity index (χ1n) is 8.25. The Bertz CT molecular complexity index is 744. The van der Waals surface area contributed by atoms with Gasteiger partial charge in [0.2, 0.25) is 5.91 Å². The molecule has 1 aliphatic carbocycles. The molecule has 0 saturated carbocycles. The number of hydrogen-bond acceptors (Lipinski definition) is 2. The molecule has 24 heavy (non-hydrogen) atoms. The molecule has 0 aliphatic heterocycles. The molecule has 0 heterocycles. The lowest BCUT2D eigenvalue weighted by Gasteiger charge is -2.28. The molecule has 0 aromatic heterocycles. The van der Waals surface area contributed by atoms with Gasteiger partial charge in [-0.3, -0.25) is 4.79 Å². The number of fused-ring (bicyclic) bond motifs is 1. The van der Waals surface area contributed by atoms with E-state index >= 15 is 0 Å².